The molecule has 0 radical (unpaired) electrons. The highest BCUT2D eigenvalue weighted by Gasteiger charge is 2.27. The molecule has 0 aliphatic carbocycles. The van der Waals surface area contributed by atoms with E-state index < -0.39 is 6.61 Å². The average Bonchev–Trinajstić information content (AvgIpc) is 2.85. The highest BCUT2D eigenvalue weighted by Crippen LogP contribution is 2.32. The van der Waals surface area contributed by atoms with Crippen LogP contribution in [0, 0.1) is 0 Å². The third kappa shape index (κ3) is 3.48. The molecule has 1 amide bonds. The van der Waals surface area contributed by atoms with Crippen molar-refractivity contribution in [1.29, 1.82) is 0 Å². The predicted molar refractivity (Wildman–Crippen MR) is 88.7 cm³/mol. The summed E-state index contributed by atoms with van der Waals surface area (Å²) in [5, 5.41) is 2.66. The summed E-state index contributed by atoms with van der Waals surface area (Å²) in [5.41, 5.74) is 2.49. The van der Waals surface area contributed by atoms with E-state index in [9.17, 15) is 13.6 Å². The van der Waals surface area contributed by atoms with Crippen molar-refractivity contribution in [2.24, 2.45) is 0 Å². The zero-order valence-electron chi connectivity index (χ0n) is 13.2. The summed E-state index contributed by atoms with van der Waals surface area (Å²) in [6.07, 6.45) is 0.883. The Morgan fingerprint density at radius 3 is 2.75 bits per heavy atom. The number of nitrogens with zero attached hydrogens (tertiary/aromatic N) is 1. The van der Waals surface area contributed by atoms with E-state index in [0.29, 0.717) is 0 Å². The van der Waals surface area contributed by atoms with Gasteiger partial charge in [0.15, 0.2) is 0 Å². The summed E-state index contributed by atoms with van der Waals surface area (Å²) in [7, 11) is 0. The van der Waals surface area contributed by atoms with Crippen LogP contribution in [0.4, 0.5) is 20.2 Å². The largest absolute Gasteiger partial charge is 0.433 e. The Bertz CT molecular complexity index is 736. The van der Waals surface area contributed by atoms with Crippen LogP contribution in [0.3, 0.4) is 0 Å². The summed E-state index contributed by atoms with van der Waals surface area (Å²) in [6.45, 7) is -0.726. The van der Waals surface area contributed by atoms with Gasteiger partial charge in [-0.05, 0) is 37.1 Å². The smallest absolute Gasteiger partial charge is 0.387 e. The molecule has 2 aromatic rings. The van der Waals surface area contributed by atoms with Gasteiger partial charge in [-0.15, -0.1) is 0 Å². The zero-order chi connectivity index (χ0) is 17.1. The fourth-order valence-corrected chi connectivity index (χ4v) is 2.98. The first-order valence-electron chi connectivity index (χ1n) is 7.73. The molecule has 126 valence electrons. The third-order valence-corrected chi connectivity index (χ3v) is 4.04. The van der Waals surface area contributed by atoms with Crippen LogP contribution < -0.4 is 15.0 Å². The number of amides is 1. The van der Waals surface area contributed by atoms with Crippen molar-refractivity contribution in [2.75, 3.05) is 16.8 Å². The van der Waals surface area contributed by atoms with Gasteiger partial charge in [-0.1, -0.05) is 30.3 Å². The van der Waals surface area contributed by atoms with Crippen molar-refractivity contribution in [3.63, 3.8) is 0 Å². The van der Waals surface area contributed by atoms with E-state index in [1.165, 1.54) is 17.7 Å². The van der Waals surface area contributed by atoms with Crippen LogP contribution in [-0.2, 0) is 11.2 Å². The number of fused-ring (bicyclic) bond motifs is 1. The second-order valence-electron chi connectivity index (χ2n) is 5.73. The van der Waals surface area contributed by atoms with Gasteiger partial charge in [-0.25, -0.2) is 0 Å². The maximum atomic E-state index is 12.4. The molecule has 1 unspecified atom stereocenters. The maximum Gasteiger partial charge on any atom is 0.387 e. The monoisotopic (exact) mass is 332 g/mol. The standard InChI is InChI=1S/C18H18F2N2O2/c1-12-10-13-6-2-4-8-15(13)22(12)11-17(23)21-14-7-3-5-9-16(14)24-18(19)20/h2-9,12,18H,10-11H2,1H3,(H,21,23). The topological polar surface area (TPSA) is 41.6 Å². The van der Waals surface area contributed by atoms with E-state index >= 15 is 0 Å². The van der Waals surface area contributed by atoms with Crippen LogP contribution in [0.15, 0.2) is 48.5 Å². The Balaban J connectivity index is 1.71. The molecule has 24 heavy (non-hydrogen) atoms. The second-order valence-corrected chi connectivity index (χ2v) is 5.73. The van der Waals surface area contributed by atoms with E-state index in [4.69, 9.17) is 0 Å². The predicted octanol–water partition coefficient (Wildman–Crippen LogP) is 3.68. The fraction of sp³-hybridized carbons (Fsp3) is 0.278. The van der Waals surface area contributed by atoms with Crippen molar-refractivity contribution < 1.29 is 18.3 Å². The fourth-order valence-electron chi connectivity index (χ4n) is 2.98. The summed E-state index contributed by atoms with van der Waals surface area (Å²) < 4.78 is 29.3. The van der Waals surface area contributed by atoms with Gasteiger partial charge in [0, 0.05) is 11.7 Å². The lowest BCUT2D eigenvalue weighted by atomic mass is 10.1. The molecule has 4 nitrogen and oxygen atoms in total. The van der Waals surface area contributed by atoms with E-state index in [2.05, 4.69) is 23.0 Å². The highest BCUT2D eigenvalue weighted by molar-refractivity contribution is 5.95. The molecule has 1 N–H and O–H groups in total. The van der Waals surface area contributed by atoms with Gasteiger partial charge in [-0.3, -0.25) is 4.79 Å². The molecule has 1 aliphatic heterocycles. The number of carbonyl (C=O) groups is 1. The Morgan fingerprint density at radius 1 is 1.25 bits per heavy atom. The number of benzene rings is 2. The molecular weight excluding hydrogens is 314 g/mol. The number of halogens is 2. The Labute approximate surface area is 139 Å². The molecule has 3 rings (SSSR count). The first-order chi connectivity index (χ1) is 11.5. The summed E-state index contributed by atoms with van der Waals surface area (Å²) in [6, 6.07) is 14.3. The SMILES string of the molecule is CC1Cc2ccccc2N1CC(=O)Nc1ccccc1OC(F)F. The molecule has 0 bridgehead atoms. The van der Waals surface area contributed by atoms with Crippen molar-refractivity contribution >= 4 is 17.3 Å². The first-order valence-corrected chi connectivity index (χ1v) is 7.73. The summed E-state index contributed by atoms with van der Waals surface area (Å²) >= 11 is 0. The lowest BCUT2D eigenvalue weighted by Crippen LogP contribution is -2.37. The van der Waals surface area contributed by atoms with Gasteiger partial charge in [0.25, 0.3) is 0 Å². The molecule has 0 saturated heterocycles. The molecule has 6 heteroatoms. The Kier molecular flexibility index (Phi) is 4.64. The molecule has 0 spiro atoms. The summed E-state index contributed by atoms with van der Waals surface area (Å²) in [5.74, 6) is -0.320. The van der Waals surface area contributed by atoms with E-state index in [1.54, 1.807) is 12.1 Å². The zero-order valence-corrected chi connectivity index (χ0v) is 13.2. The minimum absolute atomic E-state index is 0.0456. The van der Waals surface area contributed by atoms with Crippen molar-refractivity contribution in [3.05, 3.63) is 54.1 Å². The quantitative estimate of drug-likeness (QED) is 0.908. The number of ether oxygens (including phenoxy) is 1. The van der Waals surface area contributed by atoms with Gasteiger partial charge in [0.05, 0.1) is 12.2 Å². The van der Waals surface area contributed by atoms with Crippen LogP contribution in [0.5, 0.6) is 5.75 Å². The van der Waals surface area contributed by atoms with Gasteiger partial charge < -0.3 is 15.0 Å². The molecule has 2 aromatic carbocycles. The minimum atomic E-state index is -2.94. The normalized spacial score (nSPS) is 16.2. The van der Waals surface area contributed by atoms with E-state index in [0.717, 1.165) is 12.1 Å². The first kappa shape index (κ1) is 16.2. The van der Waals surface area contributed by atoms with Crippen LogP contribution >= 0.6 is 0 Å². The number of carbonyl (C=O) groups excluding carboxylic acids is 1. The minimum Gasteiger partial charge on any atom is -0.433 e. The Morgan fingerprint density at radius 2 is 1.96 bits per heavy atom. The maximum absolute atomic E-state index is 12.4. The van der Waals surface area contributed by atoms with Gasteiger partial charge in [0.1, 0.15) is 5.75 Å². The molecule has 0 fully saturated rings. The average molecular weight is 332 g/mol. The number of rotatable bonds is 5. The van der Waals surface area contributed by atoms with Gasteiger partial charge in [0.2, 0.25) is 5.91 Å². The number of hydrogen-bond donors (Lipinski definition) is 1. The Hall–Kier alpha value is -2.63. The molecule has 0 saturated carbocycles. The van der Waals surface area contributed by atoms with Crippen LogP contribution in [-0.4, -0.2) is 25.1 Å². The number of nitrogens with one attached hydrogen (secondary N) is 1. The van der Waals surface area contributed by atoms with E-state index in [1.807, 2.05) is 23.1 Å². The van der Waals surface area contributed by atoms with E-state index in [-0.39, 0.29) is 29.9 Å². The molecule has 1 aliphatic rings. The lowest BCUT2D eigenvalue weighted by molar-refractivity contribution is -0.115. The van der Waals surface area contributed by atoms with Crippen molar-refractivity contribution in [3.8, 4) is 5.75 Å². The second kappa shape index (κ2) is 6.86. The third-order valence-electron chi connectivity index (χ3n) is 4.04. The van der Waals surface area contributed by atoms with Gasteiger partial charge >= 0.3 is 6.61 Å². The lowest BCUT2D eigenvalue weighted by Gasteiger charge is -2.24. The van der Waals surface area contributed by atoms with Crippen LogP contribution in [0.25, 0.3) is 0 Å². The number of alkyl halides is 2. The van der Waals surface area contributed by atoms with Crippen LogP contribution in [0.2, 0.25) is 0 Å². The molecule has 1 heterocycles. The van der Waals surface area contributed by atoms with Gasteiger partial charge in [-0.2, -0.15) is 8.78 Å². The molecular formula is C18H18F2N2O2. The molecule has 1 atom stereocenters. The highest BCUT2D eigenvalue weighted by atomic mass is 19.3. The molecule has 0 aromatic heterocycles. The van der Waals surface area contributed by atoms with Crippen molar-refractivity contribution in [2.45, 2.75) is 26.0 Å². The van der Waals surface area contributed by atoms with Crippen LogP contribution in [0.1, 0.15) is 12.5 Å². The number of hydrogen-bond acceptors (Lipinski definition) is 3. The summed E-state index contributed by atoms with van der Waals surface area (Å²) in [4.78, 5) is 14.4. The number of anilines is 2. The van der Waals surface area contributed by atoms with Crippen molar-refractivity contribution in [1.82, 2.24) is 0 Å². The number of para-hydroxylation sites is 3.